The SMILES string of the molecule is O=C(Nc1ccc(Cl)cc1)C1CCCN(S(=O)(=O)Cc2ccc(Cl)c(Cl)c2)C1. The van der Waals surface area contributed by atoms with Gasteiger partial charge in [-0.25, -0.2) is 12.7 Å². The molecule has 1 aliphatic rings. The topological polar surface area (TPSA) is 66.5 Å². The Morgan fingerprint density at radius 1 is 1.07 bits per heavy atom. The standard InChI is InChI=1S/C19H19Cl3N2O3S/c20-15-4-6-16(7-5-15)23-19(25)14-2-1-9-24(11-14)28(26,27)12-13-3-8-17(21)18(22)10-13/h3-8,10,14H,1-2,9,11-12H2,(H,23,25). The van der Waals surface area contributed by atoms with Crippen LogP contribution in [-0.4, -0.2) is 31.7 Å². The number of piperidine rings is 1. The molecule has 150 valence electrons. The van der Waals surface area contributed by atoms with Crippen molar-refractivity contribution in [2.75, 3.05) is 18.4 Å². The maximum atomic E-state index is 12.8. The second-order valence-corrected chi connectivity index (χ2v) is 9.92. The Kier molecular flexibility index (Phi) is 6.89. The highest BCUT2D eigenvalue weighted by Crippen LogP contribution is 2.26. The highest BCUT2D eigenvalue weighted by Gasteiger charge is 2.32. The van der Waals surface area contributed by atoms with Crippen molar-refractivity contribution in [2.45, 2.75) is 18.6 Å². The van der Waals surface area contributed by atoms with Gasteiger partial charge in [0.1, 0.15) is 0 Å². The zero-order valence-electron chi connectivity index (χ0n) is 14.9. The molecule has 1 atom stereocenters. The van der Waals surface area contributed by atoms with Crippen LogP contribution in [0.4, 0.5) is 5.69 Å². The number of carbonyl (C=O) groups excluding carboxylic acids is 1. The first-order valence-corrected chi connectivity index (χ1v) is 11.5. The van der Waals surface area contributed by atoms with Gasteiger partial charge < -0.3 is 5.32 Å². The van der Waals surface area contributed by atoms with Gasteiger partial charge in [0, 0.05) is 23.8 Å². The number of benzene rings is 2. The molecule has 0 spiro atoms. The molecule has 0 aromatic heterocycles. The highest BCUT2D eigenvalue weighted by molar-refractivity contribution is 7.88. The lowest BCUT2D eigenvalue weighted by molar-refractivity contribution is -0.120. The van der Waals surface area contributed by atoms with Crippen LogP contribution in [-0.2, 0) is 20.6 Å². The molecule has 0 bridgehead atoms. The van der Waals surface area contributed by atoms with Crippen molar-refractivity contribution in [3.8, 4) is 0 Å². The fourth-order valence-corrected chi connectivity index (χ4v) is 5.16. The largest absolute Gasteiger partial charge is 0.326 e. The average Bonchev–Trinajstić information content (AvgIpc) is 2.66. The minimum absolute atomic E-state index is 0.156. The summed E-state index contributed by atoms with van der Waals surface area (Å²) in [7, 11) is -3.58. The molecule has 1 heterocycles. The molecule has 1 unspecified atom stereocenters. The molecule has 1 amide bonds. The Morgan fingerprint density at radius 2 is 1.79 bits per heavy atom. The molecule has 3 rings (SSSR count). The maximum absolute atomic E-state index is 12.8. The van der Waals surface area contributed by atoms with Gasteiger partial charge in [-0.2, -0.15) is 0 Å². The van der Waals surface area contributed by atoms with E-state index < -0.39 is 15.9 Å². The fraction of sp³-hybridized carbons (Fsp3) is 0.316. The molecule has 0 saturated carbocycles. The Morgan fingerprint density at radius 3 is 2.46 bits per heavy atom. The van der Waals surface area contributed by atoms with E-state index in [0.717, 1.165) is 0 Å². The summed E-state index contributed by atoms with van der Waals surface area (Å²) in [6, 6.07) is 11.6. The van der Waals surface area contributed by atoms with Crippen molar-refractivity contribution >= 4 is 56.4 Å². The summed E-state index contributed by atoms with van der Waals surface area (Å²) < 4.78 is 27.0. The van der Waals surface area contributed by atoms with Crippen LogP contribution in [0.25, 0.3) is 0 Å². The van der Waals surface area contributed by atoms with E-state index in [4.69, 9.17) is 34.8 Å². The van der Waals surface area contributed by atoms with E-state index in [9.17, 15) is 13.2 Å². The van der Waals surface area contributed by atoms with Crippen molar-refractivity contribution in [3.05, 3.63) is 63.1 Å². The van der Waals surface area contributed by atoms with Gasteiger partial charge in [-0.1, -0.05) is 40.9 Å². The van der Waals surface area contributed by atoms with E-state index in [0.29, 0.717) is 45.7 Å². The minimum Gasteiger partial charge on any atom is -0.326 e. The molecule has 2 aromatic rings. The number of hydrogen-bond acceptors (Lipinski definition) is 3. The lowest BCUT2D eigenvalue weighted by atomic mass is 9.99. The Balaban J connectivity index is 1.66. The van der Waals surface area contributed by atoms with Gasteiger partial charge in [0.15, 0.2) is 0 Å². The molecule has 1 N–H and O–H groups in total. The molecular weight excluding hydrogens is 443 g/mol. The van der Waals surface area contributed by atoms with Crippen molar-refractivity contribution in [3.63, 3.8) is 0 Å². The summed E-state index contributed by atoms with van der Waals surface area (Å²) in [5.74, 6) is -0.792. The third-order valence-corrected chi connectivity index (χ3v) is 7.40. The lowest BCUT2D eigenvalue weighted by Crippen LogP contribution is -2.44. The second kappa shape index (κ2) is 9.01. The first-order valence-electron chi connectivity index (χ1n) is 8.73. The van der Waals surface area contributed by atoms with Crippen molar-refractivity contribution < 1.29 is 13.2 Å². The molecule has 1 aliphatic heterocycles. The molecule has 0 aliphatic carbocycles. The monoisotopic (exact) mass is 460 g/mol. The zero-order chi connectivity index (χ0) is 20.3. The van der Waals surface area contributed by atoms with Crippen molar-refractivity contribution in [1.82, 2.24) is 4.31 Å². The summed E-state index contributed by atoms with van der Waals surface area (Å²) in [5, 5.41) is 4.09. The van der Waals surface area contributed by atoms with Crippen LogP contribution in [0, 0.1) is 5.92 Å². The van der Waals surface area contributed by atoms with E-state index >= 15 is 0 Å². The molecule has 9 heteroatoms. The summed E-state index contributed by atoms with van der Waals surface area (Å²) in [5.41, 5.74) is 1.19. The summed E-state index contributed by atoms with van der Waals surface area (Å²) >= 11 is 17.7. The molecule has 5 nitrogen and oxygen atoms in total. The van der Waals surface area contributed by atoms with Gasteiger partial charge in [0.05, 0.1) is 21.7 Å². The fourth-order valence-electron chi connectivity index (χ4n) is 3.12. The number of halogens is 3. The number of anilines is 1. The first-order chi connectivity index (χ1) is 13.2. The highest BCUT2D eigenvalue weighted by atomic mass is 35.5. The van der Waals surface area contributed by atoms with Gasteiger partial charge in [-0.3, -0.25) is 4.79 Å². The van der Waals surface area contributed by atoms with Crippen LogP contribution in [0.3, 0.4) is 0 Å². The van der Waals surface area contributed by atoms with Crippen LogP contribution < -0.4 is 5.32 Å². The van der Waals surface area contributed by atoms with Crippen LogP contribution in [0.5, 0.6) is 0 Å². The number of rotatable bonds is 5. The van der Waals surface area contributed by atoms with Crippen molar-refractivity contribution in [1.29, 1.82) is 0 Å². The smallest absolute Gasteiger partial charge is 0.228 e. The average molecular weight is 462 g/mol. The third kappa shape index (κ3) is 5.39. The predicted molar refractivity (Wildman–Crippen MR) is 113 cm³/mol. The van der Waals surface area contributed by atoms with Gasteiger partial charge >= 0.3 is 0 Å². The maximum Gasteiger partial charge on any atom is 0.228 e. The molecule has 28 heavy (non-hydrogen) atoms. The van der Waals surface area contributed by atoms with E-state index in [1.807, 2.05) is 0 Å². The van der Waals surface area contributed by atoms with E-state index in [2.05, 4.69) is 5.32 Å². The van der Waals surface area contributed by atoms with Gasteiger partial charge in [-0.15, -0.1) is 0 Å². The summed E-state index contributed by atoms with van der Waals surface area (Å²) in [6.07, 6.45) is 1.26. The van der Waals surface area contributed by atoms with Gasteiger partial charge in [0.25, 0.3) is 0 Å². The predicted octanol–water partition coefficient (Wildman–Crippen LogP) is 4.83. The Hall–Kier alpha value is -1.31. The molecule has 1 fully saturated rings. The zero-order valence-corrected chi connectivity index (χ0v) is 18.0. The number of nitrogens with one attached hydrogen (secondary N) is 1. The number of nitrogens with zero attached hydrogens (tertiary/aromatic N) is 1. The van der Waals surface area contributed by atoms with Crippen LogP contribution in [0.15, 0.2) is 42.5 Å². The van der Waals surface area contributed by atoms with E-state index in [1.54, 1.807) is 42.5 Å². The summed E-state index contributed by atoms with van der Waals surface area (Å²) in [6.45, 7) is 0.553. The number of amides is 1. The van der Waals surface area contributed by atoms with Crippen molar-refractivity contribution in [2.24, 2.45) is 5.92 Å². The number of carbonyl (C=O) groups is 1. The second-order valence-electron chi connectivity index (χ2n) is 6.70. The molecule has 1 saturated heterocycles. The molecule has 2 aromatic carbocycles. The lowest BCUT2D eigenvalue weighted by Gasteiger charge is -2.31. The van der Waals surface area contributed by atoms with E-state index in [1.165, 1.54) is 4.31 Å². The summed E-state index contributed by atoms with van der Waals surface area (Å²) in [4.78, 5) is 12.6. The van der Waals surface area contributed by atoms with Crippen LogP contribution >= 0.6 is 34.8 Å². The quantitative estimate of drug-likeness (QED) is 0.693. The van der Waals surface area contributed by atoms with Crippen LogP contribution in [0.1, 0.15) is 18.4 Å². The Labute approximate surface area is 179 Å². The minimum atomic E-state index is -3.58. The van der Waals surface area contributed by atoms with Gasteiger partial charge in [0.2, 0.25) is 15.9 Å². The normalized spacial score (nSPS) is 18.0. The number of hydrogen-bond donors (Lipinski definition) is 1. The molecular formula is C19H19Cl3N2O3S. The van der Waals surface area contributed by atoms with Gasteiger partial charge in [-0.05, 0) is 54.8 Å². The van der Waals surface area contributed by atoms with Crippen LogP contribution in [0.2, 0.25) is 15.1 Å². The number of sulfonamides is 1. The third-order valence-electron chi connectivity index (χ3n) is 4.59. The first kappa shape index (κ1) is 21.4. The Bertz CT molecular complexity index is 965. The van der Waals surface area contributed by atoms with E-state index in [-0.39, 0.29) is 18.2 Å². The molecule has 0 radical (unpaired) electrons.